The molecule has 35 heavy (non-hydrogen) atoms. The lowest BCUT2D eigenvalue weighted by atomic mass is 10.0. The summed E-state index contributed by atoms with van der Waals surface area (Å²) in [5, 5.41) is 35.5. The molecule has 2 aromatic rings. The van der Waals surface area contributed by atoms with Gasteiger partial charge in [0.2, 0.25) is 5.91 Å². The lowest BCUT2D eigenvalue weighted by Gasteiger charge is -2.49. The van der Waals surface area contributed by atoms with Crippen molar-refractivity contribution in [1.82, 2.24) is 30.2 Å². The third-order valence-electron chi connectivity index (χ3n) is 5.11. The maximum atomic E-state index is 12.8. The number of aryl methyl sites for hydroxylation is 2. The second-order valence-electron chi connectivity index (χ2n) is 7.38. The van der Waals surface area contributed by atoms with Crippen molar-refractivity contribution in [2.45, 2.75) is 35.6 Å². The minimum atomic E-state index is -1.20. The molecule has 4 rings (SSSR count). The number of hydrogen-bond donors (Lipinski definition) is 2. The van der Waals surface area contributed by atoms with Crippen molar-refractivity contribution in [3.05, 3.63) is 32.6 Å². The van der Waals surface area contributed by atoms with Crippen LogP contribution in [0, 0.1) is 17.0 Å². The van der Waals surface area contributed by atoms with Gasteiger partial charge in [-0.1, -0.05) is 23.1 Å². The van der Waals surface area contributed by atoms with E-state index in [2.05, 4.69) is 20.6 Å². The number of fused-ring (bicyclic) bond motifs is 1. The number of nitro groups is 1. The lowest BCUT2D eigenvalue weighted by molar-refractivity contribution is -0.385. The number of ether oxygens (including phenoxy) is 1. The predicted octanol–water partition coefficient (Wildman–Crippen LogP) is 0.881. The second kappa shape index (κ2) is 10.2. The van der Waals surface area contributed by atoms with Crippen molar-refractivity contribution in [3.8, 4) is 5.88 Å². The normalized spacial score (nSPS) is 19.3. The highest BCUT2D eigenvalue weighted by atomic mass is 32.2. The molecular weight excluding hydrogens is 522 g/mol. The van der Waals surface area contributed by atoms with Crippen molar-refractivity contribution >= 4 is 58.3 Å². The van der Waals surface area contributed by atoms with Gasteiger partial charge in [-0.3, -0.25) is 29.3 Å². The average Bonchev–Trinajstić information content (AvgIpc) is 3.44. The number of carbonyl (C=O) groups excluding carboxylic acids is 2. The maximum Gasteiger partial charge on any atom is 0.352 e. The summed E-state index contributed by atoms with van der Waals surface area (Å²) >= 11 is 4.15. The smallest absolute Gasteiger partial charge is 0.352 e. The molecule has 0 spiro atoms. The van der Waals surface area contributed by atoms with Gasteiger partial charge in [-0.15, -0.1) is 27.1 Å². The second-order valence-corrected chi connectivity index (χ2v) is 10.9. The highest BCUT2D eigenvalue weighted by Gasteiger charge is 2.54. The van der Waals surface area contributed by atoms with Crippen LogP contribution in [0.25, 0.3) is 0 Å². The largest absolute Gasteiger partial charge is 0.477 e. The van der Waals surface area contributed by atoms with Gasteiger partial charge in [0.25, 0.3) is 5.91 Å². The molecule has 186 valence electrons. The van der Waals surface area contributed by atoms with Crippen molar-refractivity contribution in [2.24, 2.45) is 0 Å². The lowest BCUT2D eigenvalue weighted by Crippen LogP contribution is -2.70. The van der Waals surface area contributed by atoms with Crippen LogP contribution >= 0.6 is 34.9 Å². The summed E-state index contributed by atoms with van der Waals surface area (Å²) in [5.41, 5.74) is 0.220. The molecule has 2 aliphatic heterocycles. The number of carbonyl (C=O) groups is 3. The van der Waals surface area contributed by atoms with Crippen LogP contribution < -0.4 is 10.1 Å². The first-order valence-electron chi connectivity index (χ1n) is 10.1. The number of nitrogens with zero attached hydrogens (tertiary/aromatic N) is 6. The number of hydrogen-bond acceptors (Lipinski definition) is 12. The van der Waals surface area contributed by atoms with E-state index in [1.165, 1.54) is 51.6 Å². The van der Waals surface area contributed by atoms with E-state index in [-0.39, 0.29) is 30.2 Å². The van der Waals surface area contributed by atoms with Gasteiger partial charge in [0.05, 0.1) is 18.6 Å². The van der Waals surface area contributed by atoms with Crippen molar-refractivity contribution in [1.29, 1.82) is 0 Å². The molecule has 14 nitrogen and oxygen atoms in total. The summed E-state index contributed by atoms with van der Waals surface area (Å²) in [6, 6.07) is -0.858. The van der Waals surface area contributed by atoms with Gasteiger partial charge in [0.1, 0.15) is 28.3 Å². The van der Waals surface area contributed by atoms with Gasteiger partial charge in [-0.2, -0.15) is 0 Å². The summed E-state index contributed by atoms with van der Waals surface area (Å²) < 4.78 is 6.79. The number of amides is 2. The van der Waals surface area contributed by atoms with E-state index < -0.39 is 34.1 Å². The third-order valence-corrected chi connectivity index (χ3v) is 8.51. The number of rotatable bonds is 10. The molecule has 2 aromatic heterocycles. The highest BCUT2D eigenvalue weighted by Crippen LogP contribution is 2.41. The Hall–Kier alpha value is -3.18. The predicted molar refractivity (Wildman–Crippen MR) is 125 cm³/mol. The number of β-lactam (4-membered cyclic amide) rings is 1. The van der Waals surface area contributed by atoms with E-state index in [4.69, 9.17) is 4.74 Å². The van der Waals surface area contributed by atoms with Crippen LogP contribution in [-0.4, -0.2) is 82.7 Å². The Morgan fingerprint density at radius 2 is 2.20 bits per heavy atom. The minimum absolute atomic E-state index is 0.0329. The number of thioether (sulfide) groups is 2. The number of aliphatic carboxylic acids is 1. The molecule has 2 N–H and O–H groups in total. The zero-order valence-electron chi connectivity index (χ0n) is 18.4. The Morgan fingerprint density at radius 3 is 2.80 bits per heavy atom. The maximum absolute atomic E-state index is 12.8. The Morgan fingerprint density at radius 1 is 1.43 bits per heavy atom. The van der Waals surface area contributed by atoms with E-state index >= 15 is 0 Å². The number of aromatic nitrogens is 4. The van der Waals surface area contributed by atoms with E-state index in [1.807, 2.05) is 6.92 Å². The summed E-state index contributed by atoms with van der Waals surface area (Å²) in [6.45, 7) is 1.86. The van der Waals surface area contributed by atoms with E-state index in [1.54, 1.807) is 0 Å². The third kappa shape index (κ3) is 5.10. The molecule has 2 atom stereocenters. The summed E-state index contributed by atoms with van der Waals surface area (Å²) in [4.78, 5) is 48.7. The van der Waals surface area contributed by atoms with Crippen molar-refractivity contribution in [3.63, 3.8) is 0 Å². The van der Waals surface area contributed by atoms with Crippen LogP contribution in [0.3, 0.4) is 0 Å². The first-order valence-corrected chi connectivity index (χ1v) is 12.9. The van der Waals surface area contributed by atoms with Gasteiger partial charge in [-0.05, 0) is 12.5 Å². The molecule has 2 aliphatic rings. The Labute approximate surface area is 210 Å². The molecule has 0 aromatic carbocycles. The van der Waals surface area contributed by atoms with E-state index in [0.717, 1.165) is 11.2 Å². The molecule has 17 heteroatoms. The number of methoxy groups -OCH3 is 1. The van der Waals surface area contributed by atoms with E-state index in [9.17, 15) is 29.6 Å². The monoisotopic (exact) mass is 541 g/mol. The topological polar surface area (TPSA) is 183 Å². The Bertz CT molecular complexity index is 1230. The molecule has 0 saturated carbocycles. The van der Waals surface area contributed by atoms with Gasteiger partial charge in [-0.25, -0.2) is 4.79 Å². The van der Waals surface area contributed by atoms with Crippen LogP contribution in [0.1, 0.15) is 11.4 Å². The van der Waals surface area contributed by atoms with Crippen LogP contribution in [0.15, 0.2) is 21.8 Å². The number of nitrogens with one attached hydrogen (secondary N) is 1. The zero-order valence-corrected chi connectivity index (χ0v) is 20.8. The quantitative estimate of drug-likeness (QED) is 0.188. The standard InChI is InChI=1S/C18H19N7O7S3/c1-8-20-21-18(35-8)34-7-9-6-33-16-12(15(27)24(16)13(9)17(28)29)19-11(26)3-4-23-5-10(25(30)31)14(22-23)32-2/h5,12,16H,3-4,6-7H2,1-2H3,(H,19,26)(H,28,29)/t12-,16-/m1/s1. The SMILES string of the molecule is COc1nn(CCC(=O)N[C@@H]2C(=O)N3C(C(=O)O)=C(CSc4nnc(C)s4)CS[C@H]23)cc1[N+](=O)[O-]. The molecule has 0 unspecified atom stereocenters. The molecular formula is C18H19N7O7S3. The van der Waals surface area contributed by atoms with Crippen molar-refractivity contribution < 1.29 is 29.2 Å². The Balaban J connectivity index is 1.36. The van der Waals surface area contributed by atoms with Crippen LogP contribution in [0.5, 0.6) is 5.88 Å². The van der Waals surface area contributed by atoms with Crippen LogP contribution in [0.4, 0.5) is 5.69 Å². The molecule has 4 heterocycles. The van der Waals surface area contributed by atoms with Crippen LogP contribution in [0.2, 0.25) is 0 Å². The van der Waals surface area contributed by atoms with E-state index in [0.29, 0.717) is 21.4 Å². The minimum Gasteiger partial charge on any atom is -0.477 e. The summed E-state index contributed by atoms with van der Waals surface area (Å²) in [7, 11) is 1.25. The first-order chi connectivity index (χ1) is 16.7. The average molecular weight is 542 g/mol. The fourth-order valence-electron chi connectivity index (χ4n) is 3.52. The molecule has 1 saturated heterocycles. The molecule has 1 fully saturated rings. The molecule has 0 radical (unpaired) electrons. The fourth-order valence-corrected chi connectivity index (χ4v) is 6.82. The van der Waals surface area contributed by atoms with Gasteiger partial charge < -0.3 is 15.2 Å². The molecule has 0 aliphatic carbocycles. The zero-order chi connectivity index (χ0) is 25.3. The molecule has 0 bridgehead atoms. The highest BCUT2D eigenvalue weighted by molar-refractivity contribution is 8.01. The Kier molecular flexibility index (Phi) is 7.27. The van der Waals surface area contributed by atoms with Gasteiger partial charge in [0, 0.05) is 17.9 Å². The van der Waals surface area contributed by atoms with Gasteiger partial charge >= 0.3 is 17.5 Å². The fraction of sp³-hybridized carbons (Fsp3) is 0.444. The first kappa shape index (κ1) is 24.9. The molecule has 2 amide bonds. The summed E-state index contributed by atoms with van der Waals surface area (Å²) in [5.74, 6) is -1.58. The van der Waals surface area contributed by atoms with Crippen molar-refractivity contribution in [2.75, 3.05) is 18.6 Å². The summed E-state index contributed by atoms with van der Waals surface area (Å²) in [6.07, 6.45) is 1.07. The van der Waals surface area contributed by atoms with Crippen LogP contribution in [-0.2, 0) is 20.9 Å². The van der Waals surface area contributed by atoms with Gasteiger partial charge in [0.15, 0.2) is 4.34 Å². The number of carboxylic acids is 1. The number of carboxylic acid groups (broad SMARTS) is 1.